The Balaban J connectivity index is 2.12. The van der Waals surface area contributed by atoms with Crippen molar-refractivity contribution in [2.24, 2.45) is 5.73 Å². The molecule has 1 fully saturated rings. The molecule has 116 valence electrons. The van der Waals surface area contributed by atoms with E-state index in [9.17, 15) is 5.11 Å². The first kappa shape index (κ1) is 15.8. The van der Waals surface area contributed by atoms with Crippen LogP contribution in [0.25, 0.3) is 0 Å². The molecule has 1 heterocycles. The fraction of sp³-hybridized carbons (Fsp3) is 0.562. The number of amidine groups is 1. The number of nitrogens with zero attached hydrogens (tertiary/aromatic N) is 1. The van der Waals surface area contributed by atoms with Crippen LogP contribution in [-0.2, 0) is 6.54 Å². The van der Waals surface area contributed by atoms with E-state index >= 15 is 0 Å². The van der Waals surface area contributed by atoms with E-state index in [4.69, 9.17) is 15.9 Å². The number of nitrogens with two attached hydrogens (primary N) is 1. The van der Waals surface area contributed by atoms with Crippen molar-refractivity contribution in [2.75, 3.05) is 20.3 Å². The molecule has 1 aliphatic rings. The van der Waals surface area contributed by atoms with E-state index in [0.717, 1.165) is 31.5 Å². The lowest BCUT2D eigenvalue weighted by Crippen LogP contribution is -2.39. The summed E-state index contributed by atoms with van der Waals surface area (Å²) in [5.41, 5.74) is 7.34. The van der Waals surface area contributed by atoms with Crippen molar-refractivity contribution in [1.82, 2.24) is 4.90 Å². The van der Waals surface area contributed by atoms with E-state index in [1.54, 1.807) is 7.11 Å². The normalized spacial score (nSPS) is 19.4. The Morgan fingerprint density at radius 1 is 1.48 bits per heavy atom. The SMILES string of the molecule is COc1cc(CN2CCCCC2CCO)ccc1C(=N)N. The summed E-state index contributed by atoms with van der Waals surface area (Å²) in [5, 5.41) is 16.7. The molecule has 1 unspecified atom stereocenters. The molecule has 0 bridgehead atoms. The molecular weight excluding hydrogens is 266 g/mol. The fourth-order valence-electron chi connectivity index (χ4n) is 3.04. The quantitative estimate of drug-likeness (QED) is 0.550. The van der Waals surface area contributed by atoms with Gasteiger partial charge in [0.25, 0.3) is 0 Å². The lowest BCUT2D eigenvalue weighted by Gasteiger charge is -2.35. The molecule has 0 aromatic heterocycles. The van der Waals surface area contributed by atoms with Crippen molar-refractivity contribution in [1.29, 1.82) is 5.41 Å². The minimum Gasteiger partial charge on any atom is -0.496 e. The first-order chi connectivity index (χ1) is 10.2. The molecule has 2 rings (SSSR count). The molecule has 1 aromatic carbocycles. The number of hydrogen-bond donors (Lipinski definition) is 3. The Hall–Kier alpha value is -1.59. The maximum absolute atomic E-state index is 9.20. The molecule has 0 spiro atoms. The van der Waals surface area contributed by atoms with Gasteiger partial charge >= 0.3 is 0 Å². The summed E-state index contributed by atoms with van der Waals surface area (Å²) in [6.07, 6.45) is 4.45. The second kappa shape index (κ2) is 7.43. The van der Waals surface area contributed by atoms with Crippen molar-refractivity contribution in [2.45, 2.75) is 38.3 Å². The average Bonchev–Trinajstić information content (AvgIpc) is 2.49. The highest BCUT2D eigenvalue weighted by Crippen LogP contribution is 2.25. The number of methoxy groups -OCH3 is 1. The minimum absolute atomic E-state index is 0.0227. The third-order valence-corrected chi connectivity index (χ3v) is 4.15. The third kappa shape index (κ3) is 3.95. The van der Waals surface area contributed by atoms with Gasteiger partial charge in [-0.15, -0.1) is 0 Å². The van der Waals surface area contributed by atoms with E-state index < -0.39 is 0 Å². The van der Waals surface area contributed by atoms with Gasteiger partial charge in [-0.05, 0) is 43.5 Å². The van der Waals surface area contributed by atoms with Crippen LogP contribution in [0, 0.1) is 5.41 Å². The van der Waals surface area contributed by atoms with Crippen molar-refractivity contribution in [3.05, 3.63) is 29.3 Å². The number of hydrogen-bond acceptors (Lipinski definition) is 4. The Kier molecular flexibility index (Phi) is 5.59. The highest BCUT2D eigenvalue weighted by atomic mass is 16.5. The van der Waals surface area contributed by atoms with Crippen LogP contribution in [-0.4, -0.2) is 42.1 Å². The number of ether oxygens (including phenoxy) is 1. The number of aliphatic hydroxyl groups excluding tert-OH is 1. The number of piperidine rings is 1. The molecule has 0 aliphatic carbocycles. The highest BCUT2D eigenvalue weighted by Gasteiger charge is 2.22. The van der Waals surface area contributed by atoms with Crippen LogP contribution in [0.4, 0.5) is 0 Å². The molecule has 1 saturated heterocycles. The third-order valence-electron chi connectivity index (χ3n) is 4.15. The molecule has 21 heavy (non-hydrogen) atoms. The highest BCUT2D eigenvalue weighted by molar-refractivity contribution is 5.97. The predicted octanol–water partition coefficient (Wildman–Crippen LogP) is 1.72. The number of nitrogen functional groups attached to an aromatic ring is 1. The van der Waals surface area contributed by atoms with Crippen LogP contribution in [0.15, 0.2) is 18.2 Å². The molecule has 1 aromatic rings. The Labute approximate surface area is 126 Å². The molecule has 0 radical (unpaired) electrons. The summed E-state index contributed by atoms with van der Waals surface area (Å²) in [7, 11) is 1.60. The van der Waals surface area contributed by atoms with Crippen molar-refractivity contribution >= 4 is 5.84 Å². The van der Waals surface area contributed by atoms with Crippen LogP contribution in [0.3, 0.4) is 0 Å². The summed E-state index contributed by atoms with van der Waals surface area (Å²) in [5.74, 6) is 0.672. The van der Waals surface area contributed by atoms with E-state index in [-0.39, 0.29) is 12.4 Å². The summed E-state index contributed by atoms with van der Waals surface area (Å²) >= 11 is 0. The molecule has 4 N–H and O–H groups in total. The Morgan fingerprint density at radius 2 is 2.29 bits per heavy atom. The van der Waals surface area contributed by atoms with E-state index in [1.807, 2.05) is 18.2 Å². The molecule has 5 nitrogen and oxygen atoms in total. The van der Waals surface area contributed by atoms with Gasteiger partial charge in [-0.3, -0.25) is 10.3 Å². The van der Waals surface area contributed by atoms with Crippen LogP contribution >= 0.6 is 0 Å². The van der Waals surface area contributed by atoms with Gasteiger partial charge in [-0.2, -0.15) is 0 Å². The van der Waals surface area contributed by atoms with Crippen LogP contribution < -0.4 is 10.5 Å². The van der Waals surface area contributed by atoms with Crippen molar-refractivity contribution in [3.8, 4) is 5.75 Å². The van der Waals surface area contributed by atoms with E-state index in [2.05, 4.69) is 4.90 Å². The summed E-state index contributed by atoms with van der Waals surface area (Å²) < 4.78 is 5.33. The molecule has 1 atom stereocenters. The lowest BCUT2D eigenvalue weighted by molar-refractivity contribution is 0.112. The second-order valence-corrected chi connectivity index (χ2v) is 5.58. The zero-order valence-electron chi connectivity index (χ0n) is 12.6. The van der Waals surface area contributed by atoms with E-state index in [1.165, 1.54) is 12.8 Å². The standard InChI is InChI=1S/C16H25N3O2/c1-21-15-10-12(5-6-14(15)16(17)18)11-19-8-3-2-4-13(19)7-9-20/h5-6,10,13,20H,2-4,7-9,11H2,1H3,(H3,17,18). The van der Waals surface area contributed by atoms with Crippen LogP contribution in [0.1, 0.15) is 36.8 Å². The maximum Gasteiger partial charge on any atom is 0.130 e. The van der Waals surface area contributed by atoms with E-state index in [0.29, 0.717) is 17.4 Å². The largest absolute Gasteiger partial charge is 0.496 e. The smallest absolute Gasteiger partial charge is 0.130 e. The summed E-state index contributed by atoms with van der Waals surface area (Å²) in [6.45, 7) is 2.16. The maximum atomic E-state index is 9.20. The first-order valence-corrected chi connectivity index (χ1v) is 7.52. The van der Waals surface area contributed by atoms with Gasteiger partial charge < -0.3 is 15.6 Å². The molecule has 0 saturated carbocycles. The molecular formula is C16H25N3O2. The van der Waals surface area contributed by atoms with Gasteiger partial charge in [0.1, 0.15) is 11.6 Å². The topological polar surface area (TPSA) is 82.6 Å². The monoisotopic (exact) mass is 291 g/mol. The zero-order chi connectivity index (χ0) is 15.2. The first-order valence-electron chi connectivity index (χ1n) is 7.52. The number of benzene rings is 1. The van der Waals surface area contributed by atoms with Crippen LogP contribution in [0.2, 0.25) is 0 Å². The number of rotatable bonds is 6. The minimum atomic E-state index is 0.0227. The van der Waals surface area contributed by atoms with Gasteiger partial charge in [-0.25, -0.2) is 0 Å². The number of aliphatic hydroxyl groups is 1. The summed E-state index contributed by atoms with van der Waals surface area (Å²) in [4.78, 5) is 2.43. The predicted molar refractivity (Wildman–Crippen MR) is 83.8 cm³/mol. The van der Waals surface area contributed by atoms with Gasteiger partial charge in [-0.1, -0.05) is 12.5 Å². The Morgan fingerprint density at radius 3 is 2.95 bits per heavy atom. The lowest BCUT2D eigenvalue weighted by atomic mass is 9.98. The van der Waals surface area contributed by atoms with Gasteiger partial charge in [0.05, 0.1) is 12.7 Å². The molecule has 0 amide bonds. The van der Waals surface area contributed by atoms with Gasteiger partial charge in [0.2, 0.25) is 0 Å². The fourth-order valence-corrected chi connectivity index (χ4v) is 3.04. The van der Waals surface area contributed by atoms with Crippen LogP contribution in [0.5, 0.6) is 5.75 Å². The van der Waals surface area contributed by atoms with Crippen molar-refractivity contribution < 1.29 is 9.84 Å². The molecule has 5 heteroatoms. The molecule has 1 aliphatic heterocycles. The number of nitrogens with one attached hydrogen (secondary N) is 1. The Bertz CT molecular complexity index is 488. The van der Waals surface area contributed by atoms with Gasteiger partial charge in [0, 0.05) is 19.2 Å². The second-order valence-electron chi connectivity index (χ2n) is 5.58. The number of likely N-dealkylation sites (tertiary alicyclic amines) is 1. The van der Waals surface area contributed by atoms with Gasteiger partial charge in [0.15, 0.2) is 0 Å². The summed E-state index contributed by atoms with van der Waals surface area (Å²) in [6, 6.07) is 6.27. The zero-order valence-corrected chi connectivity index (χ0v) is 12.6. The van der Waals surface area contributed by atoms with Crippen molar-refractivity contribution in [3.63, 3.8) is 0 Å². The average molecular weight is 291 g/mol.